The summed E-state index contributed by atoms with van der Waals surface area (Å²) in [6.07, 6.45) is 57.8. The predicted octanol–water partition coefficient (Wildman–Crippen LogP) is 15.3. The lowest BCUT2D eigenvalue weighted by Gasteiger charge is -2.31. The Hall–Kier alpha value is -1.32. The molecule has 0 fully saturated rings. The molecule has 0 radical (unpaired) electrons. The first-order chi connectivity index (χ1) is 32.4. The Balaban J connectivity index is 4.12. The molecule has 0 bridgehead atoms. The number of aliphatic hydroxyl groups excluding tert-OH is 2. The molecule has 0 aliphatic heterocycles. The maximum atomic E-state index is 13.0. The molecule has 67 heavy (non-hydrogen) atoms. The van der Waals surface area contributed by atoms with Crippen molar-refractivity contribution in [1.29, 1.82) is 0 Å². The zero-order valence-electron chi connectivity index (χ0n) is 44.7. The third kappa shape index (κ3) is 49.5. The number of phosphoric ester groups is 1. The Morgan fingerprint density at radius 1 is 0.537 bits per heavy atom. The van der Waals surface area contributed by atoms with Crippen molar-refractivity contribution in [3.8, 4) is 0 Å². The first-order valence-electron chi connectivity index (χ1n) is 28.4. The Kier molecular flexibility index (Phi) is 47.4. The summed E-state index contributed by atoms with van der Waals surface area (Å²) >= 11 is 0. The van der Waals surface area contributed by atoms with Gasteiger partial charge >= 0.3 is 0 Å². The number of allylic oxidation sites excluding steroid dienone is 6. The number of carbonyl (C=O) groups excluding carboxylic acids is 1. The first kappa shape index (κ1) is 65.7. The number of carbonyl (C=O) groups is 1. The van der Waals surface area contributed by atoms with E-state index in [2.05, 4.69) is 55.6 Å². The first-order valence-corrected chi connectivity index (χ1v) is 29.9. The highest BCUT2D eigenvalue weighted by atomic mass is 31.2. The molecule has 0 aromatic heterocycles. The van der Waals surface area contributed by atoms with Crippen LogP contribution < -0.4 is 10.2 Å². The average Bonchev–Trinajstić information content (AvgIpc) is 3.29. The van der Waals surface area contributed by atoms with E-state index in [0.29, 0.717) is 17.4 Å². The number of unbranched alkanes of at least 4 members (excludes halogenated alkanes) is 32. The minimum atomic E-state index is -4.67. The fraction of sp³-hybridized carbons (Fsp3) is 0.877. The van der Waals surface area contributed by atoms with E-state index in [1.165, 1.54) is 186 Å². The second-order valence-electron chi connectivity index (χ2n) is 20.8. The summed E-state index contributed by atoms with van der Waals surface area (Å²) in [5.41, 5.74) is 0. The summed E-state index contributed by atoms with van der Waals surface area (Å²) in [5.74, 6) is -0.277. The summed E-state index contributed by atoms with van der Waals surface area (Å²) in [5, 5.41) is 24.7. The van der Waals surface area contributed by atoms with Crippen LogP contribution in [0.3, 0.4) is 0 Å². The molecule has 1 amide bonds. The van der Waals surface area contributed by atoms with Gasteiger partial charge in [-0.2, -0.15) is 0 Å². The smallest absolute Gasteiger partial charge is 0.268 e. The molecule has 396 valence electrons. The van der Waals surface area contributed by atoms with E-state index in [-0.39, 0.29) is 18.9 Å². The lowest BCUT2D eigenvalue weighted by Crippen LogP contribution is -2.51. The number of hydrogen-bond acceptors (Lipinski definition) is 7. The summed E-state index contributed by atoms with van der Waals surface area (Å²) < 4.78 is 23.2. The van der Waals surface area contributed by atoms with Crippen LogP contribution in [-0.4, -0.2) is 79.8 Å². The van der Waals surface area contributed by atoms with Gasteiger partial charge in [0.05, 0.1) is 39.9 Å². The van der Waals surface area contributed by atoms with E-state index in [1.807, 2.05) is 21.1 Å². The van der Waals surface area contributed by atoms with Gasteiger partial charge < -0.3 is 34.0 Å². The number of amides is 1. The number of quaternary nitrogens is 1. The van der Waals surface area contributed by atoms with Crippen LogP contribution in [-0.2, 0) is 18.4 Å². The average molecular weight is 967 g/mol. The molecule has 0 saturated heterocycles. The van der Waals surface area contributed by atoms with Crippen LogP contribution in [0.2, 0.25) is 0 Å². The minimum absolute atomic E-state index is 0.0399. The van der Waals surface area contributed by atoms with Gasteiger partial charge in [-0.05, 0) is 51.4 Å². The molecule has 10 heteroatoms. The number of rotatable bonds is 52. The van der Waals surface area contributed by atoms with Crippen molar-refractivity contribution in [3.05, 3.63) is 36.5 Å². The predicted molar refractivity (Wildman–Crippen MR) is 285 cm³/mol. The van der Waals surface area contributed by atoms with Gasteiger partial charge in [0.1, 0.15) is 19.3 Å². The quantitative estimate of drug-likeness (QED) is 0.0240. The van der Waals surface area contributed by atoms with Crippen molar-refractivity contribution in [3.63, 3.8) is 0 Å². The molecule has 3 N–H and O–H groups in total. The van der Waals surface area contributed by atoms with Crippen molar-refractivity contribution < 1.29 is 38.0 Å². The SMILES string of the molecule is CCCCCCC/C=C\C/C=C\C/C=C\CCCCCCCCCCCCCCCCCCC(=O)NC(COP(=O)([O-])OCC[N+](C)(C)C)C(O)C(O)CCCCCCCCCCCCCC. The molecule has 9 nitrogen and oxygen atoms in total. The highest BCUT2D eigenvalue weighted by Crippen LogP contribution is 2.38. The monoisotopic (exact) mass is 967 g/mol. The van der Waals surface area contributed by atoms with Gasteiger partial charge in [0.15, 0.2) is 0 Å². The molecule has 0 saturated carbocycles. The topological polar surface area (TPSA) is 128 Å². The van der Waals surface area contributed by atoms with Crippen molar-refractivity contribution in [2.24, 2.45) is 0 Å². The van der Waals surface area contributed by atoms with E-state index in [9.17, 15) is 24.5 Å². The van der Waals surface area contributed by atoms with Crippen molar-refractivity contribution in [1.82, 2.24) is 5.32 Å². The van der Waals surface area contributed by atoms with E-state index >= 15 is 0 Å². The van der Waals surface area contributed by atoms with E-state index < -0.39 is 32.7 Å². The van der Waals surface area contributed by atoms with Crippen LogP contribution in [0.25, 0.3) is 0 Å². The zero-order chi connectivity index (χ0) is 49.4. The highest BCUT2D eigenvalue weighted by molar-refractivity contribution is 7.45. The fourth-order valence-electron chi connectivity index (χ4n) is 8.44. The van der Waals surface area contributed by atoms with Crippen molar-refractivity contribution >= 4 is 13.7 Å². The number of phosphoric acid groups is 1. The van der Waals surface area contributed by atoms with Crippen LogP contribution in [0.1, 0.15) is 264 Å². The van der Waals surface area contributed by atoms with Gasteiger partial charge in [-0.15, -0.1) is 0 Å². The lowest BCUT2D eigenvalue weighted by molar-refractivity contribution is -0.870. The molecule has 0 rings (SSSR count). The number of hydrogen-bond donors (Lipinski definition) is 3. The largest absolute Gasteiger partial charge is 0.756 e. The minimum Gasteiger partial charge on any atom is -0.756 e. The molecule has 0 heterocycles. The van der Waals surface area contributed by atoms with Gasteiger partial charge in [0, 0.05) is 6.42 Å². The molecule has 4 unspecified atom stereocenters. The molecule has 0 aliphatic rings. The molecule has 0 aromatic carbocycles. The number of nitrogens with one attached hydrogen (secondary N) is 1. The maximum Gasteiger partial charge on any atom is 0.268 e. The molecule has 4 atom stereocenters. The molecule has 0 aromatic rings. The zero-order valence-corrected chi connectivity index (χ0v) is 45.6. The van der Waals surface area contributed by atoms with Gasteiger partial charge in [0.25, 0.3) is 7.82 Å². The standard InChI is InChI=1S/C57H111N2O7P/c1-6-8-10-12-14-16-18-20-21-22-23-24-25-26-27-28-29-30-31-32-33-34-35-36-37-38-40-42-44-46-48-50-56(61)58-54(53-66-67(63,64)65-52-51-59(3,4)5)57(62)55(60)49-47-45-43-41-39-19-17-15-13-11-9-7-2/h18,20,22-23,25-26,54-55,57,60,62H,6-17,19,21,24,27-53H2,1-5H3,(H-,58,61,63,64)/b20-18-,23-22-,26-25-. The fourth-order valence-corrected chi connectivity index (χ4v) is 9.16. The lowest BCUT2D eigenvalue weighted by atomic mass is 9.99. The van der Waals surface area contributed by atoms with Crippen LogP contribution in [0.5, 0.6) is 0 Å². The summed E-state index contributed by atoms with van der Waals surface area (Å²) in [6.45, 7) is 4.44. The Morgan fingerprint density at radius 2 is 0.896 bits per heavy atom. The Bertz CT molecular complexity index is 1210. The maximum absolute atomic E-state index is 13.0. The third-order valence-corrected chi connectivity index (χ3v) is 13.9. The molecular weight excluding hydrogens is 856 g/mol. The van der Waals surface area contributed by atoms with Gasteiger partial charge in [-0.3, -0.25) is 9.36 Å². The van der Waals surface area contributed by atoms with E-state index in [1.54, 1.807) is 0 Å². The Labute approximate surface area is 415 Å². The van der Waals surface area contributed by atoms with E-state index in [4.69, 9.17) is 9.05 Å². The van der Waals surface area contributed by atoms with Crippen molar-refractivity contribution in [2.75, 3.05) is 40.9 Å². The summed E-state index contributed by atoms with van der Waals surface area (Å²) in [7, 11) is 1.13. The highest BCUT2D eigenvalue weighted by Gasteiger charge is 2.29. The van der Waals surface area contributed by atoms with Crippen LogP contribution >= 0.6 is 7.82 Å². The van der Waals surface area contributed by atoms with Crippen LogP contribution in [0.4, 0.5) is 0 Å². The summed E-state index contributed by atoms with van der Waals surface area (Å²) in [4.78, 5) is 25.5. The molecule has 0 aliphatic carbocycles. The van der Waals surface area contributed by atoms with Gasteiger partial charge in [0.2, 0.25) is 5.91 Å². The number of likely N-dealkylation sites (N-methyl/N-ethyl adjacent to an activating group) is 1. The Morgan fingerprint density at radius 3 is 1.30 bits per heavy atom. The third-order valence-electron chi connectivity index (χ3n) is 13.0. The number of nitrogens with zero attached hydrogens (tertiary/aromatic N) is 1. The van der Waals surface area contributed by atoms with Gasteiger partial charge in [-0.25, -0.2) is 0 Å². The van der Waals surface area contributed by atoms with Crippen LogP contribution in [0, 0.1) is 0 Å². The molecular formula is C57H111N2O7P. The molecule has 0 spiro atoms. The van der Waals surface area contributed by atoms with E-state index in [0.717, 1.165) is 51.4 Å². The van der Waals surface area contributed by atoms with Crippen molar-refractivity contribution in [2.45, 2.75) is 283 Å². The second kappa shape index (κ2) is 48.3. The van der Waals surface area contributed by atoms with Gasteiger partial charge in [-0.1, -0.05) is 243 Å². The second-order valence-corrected chi connectivity index (χ2v) is 22.2. The van der Waals surface area contributed by atoms with Crippen LogP contribution in [0.15, 0.2) is 36.5 Å². The number of aliphatic hydroxyl groups is 2. The summed E-state index contributed by atoms with van der Waals surface area (Å²) in [6, 6.07) is -1.07. The normalized spacial score (nSPS) is 14.7.